The molecule has 0 saturated carbocycles. The van der Waals surface area contributed by atoms with E-state index in [1.165, 1.54) is 0 Å². The van der Waals surface area contributed by atoms with Gasteiger partial charge in [0.1, 0.15) is 11.5 Å². The lowest BCUT2D eigenvalue weighted by Crippen LogP contribution is -2.37. The number of aliphatic carboxylic acids is 1. The fourth-order valence-corrected chi connectivity index (χ4v) is 3.55. The molecule has 2 bridgehead atoms. The van der Waals surface area contributed by atoms with Gasteiger partial charge in [0, 0.05) is 12.1 Å². The van der Waals surface area contributed by atoms with Crippen LogP contribution in [0.25, 0.3) is 0 Å². The highest BCUT2D eigenvalue weighted by molar-refractivity contribution is 5.96. The van der Waals surface area contributed by atoms with E-state index in [1.807, 2.05) is 6.92 Å². The Morgan fingerprint density at radius 2 is 2.11 bits per heavy atom. The molecule has 1 aromatic heterocycles. The van der Waals surface area contributed by atoms with E-state index < -0.39 is 11.9 Å². The maximum atomic E-state index is 12.6. The molecule has 19 heavy (non-hydrogen) atoms. The summed E-state index contributed by atoms with van der Waals surface area (Å²) in [6.07, 6.45) is 2.29. The summed E-state index contributed by atoms with van der Waals surface area (Å²) in [5.74, 6) is 0.0505. The lowest BCUT2D eigenvalue weighted by molar-refractivity contribution is -0.142. The van der Waals surface area contributed by atoms with Crippen LogP contribution in [0.3, 0.4) is 0 Å². The first-order valence-electron chi connectivity index (χ1n) is 6.61. The molecular formula is C14H17NO4. The predicted molar refractivity (Wildman–Crippen MR) is 66.9 cm³/mol. The van der Waals surface area contributed by atoms with Crippen LogP contribution in [0, 0.1) is 19.8 Å². The molecule has 3 rings (SSSR count). The molecule has 3 atom stereocenters. The number of carboxylic acid groups (broad SMARTS) is 1. The lowest BCUT2D eigenvalue weighted by atomic mass is 9.89. The summed E-state index contributed by atoms with van der Waals surface area (Å²) in [5.41, 5.74) is 0.570. The smallest absolute Gasteiger partial charge is 0.308 e. The van der Waals surface area contributed by atoms with Crippen molar-refractivity contribution in [2.24, 2.45) is 5.92 Å². The summed E-state index contributed by atoms with van der Waals surface area (Å²) >= 11 is 0. The van der Waals surface area contributed by atoms with Crippen molar-refractivity contribution in [3.63, 3.8) is 0 Å². The summed E-state index contributed by atoms with van der Waals surface area (Å²) in [6.45, 7) is 3.58. The van der Waals surface area contributed by atoms with Crippen LogP contribution in [-0.2, 0) is 4.79 Å². The van der Waals surface area contributed by atoms with Crippen molar-refractivity contribution in [2.75, 3.05) is 0 Å². The van der Waals surface area contributed by atoms with Crippen LogP contribution >= 0.6 is 0 Å². The van der Waals surface area contributed by atoms with Gasteiger partial charge in [-0.15, -0.1) is 0 Å². The second-order valence-corrected chi connectivity index (χ2v) is 5.52. The van der Waals surface area contributed by atoms with Gasteiger partial charge < -0.3 is 14.4 Å². The second kappa shape index (κ2) is 4.11. The Labute approximate surface area is 111 Å². The van der Waals surface area contributed by atoms with Gasteiger partial charge >= 0.3 is 5.97 Å². The Morgan fingerprint density at radius 3 is 2.63 bits per heavy atom. The van der Waals surface area contributed by atoms with Gasteiger partial charge in [-0.1, -0.05) is 0 Å². The number of carbonyl (C=O) groups is 2. The van der Waals surface area contributed by atoms with E-state index in [4.69, 9.17) is 4.42 Å². The molecule has 3 heterocycles. The molecule has 2 fully saturated rings. The van der Waals surface area contributed by atoms with Crippen molar-refractivity contribution in [2.45, 2.75) is 45.2 Å². The van der Waals surface area contributed by atoms with E-state index >= 15 is 0 Å². The number of nitrogens with zero attached hydrogens (tertiary/aromatic N) is 1. The summed E-state index contributed by atoms with van der Waals surface area (Å²) < 4.78 is 5.40. The molecule has 0 aliphatic carbocycles. The second-order valence-electron chi connectivity index (χ2n) is 5.52. The Hall–Kier alpha value is -1.78. The average Bonchev–Trinajstić information content (AvgIpc) is 3.00. The third kappa shape index (κ3) is 1.76. The van der Waals surface area contributed by atoms with Crippen molar-refractivity contribution in [1.29, 1.82) is 0 Å². The molecule has 2 aliphatic rings. The molecule has 5 heteroatoms. The first-order valence-corrected chi connectivity index (χ1v) is 6.61. The molecular weight excluding hydrogens is 246 g/mol. The summed E-state index contributed by atoms with van der Waals surface area (Å²) in [7, 11) is 0. The Kier molecular flexibility index (Phi) is 2.66. The van der Waals surface area contributed by atoms with E-state index in [0.717, 1.165) is 12.8 Å². The van der Waals surface area contributed by atoms with Crippen molar-refractivity contribution < 1.29 is 19.1 Å². The highest BCUT2D eigenvalue weighted by Crippen LogP contribution is 2.42. The largest absolute Gasteiger partial charge is 0.481 e. The minimum Gasteiger partial charge on any atom is -0.481 e. The number of rotatable bonds is 2. The van der Waals surface area contributed by atoms with Crippen LogP contribution < -0.4 is 0 Å². The van der Waals surface area contributed by atoms with E-state index in [-0.39, 0.29) is 18.0 Å². The SMILES string of the molecule is Cc1cc(C(=O)N2C3CCC2C(C(=O)O)C3)c(C)o1. The molecule has 3 unspecified atom stereocenters. The quantitative estimate of drug-likeness (QED) is 0.885. The standard InChI is InChI=1S/C14H17NO4/c1-7-5-10(8(2)19-7)13(16)15-9-3-4-12(15)11(6-9)14(17)18/h5,9,11-12H,3-4,6H2,1-2H3,(H,17,18). The van der Waals surface area contributed by atoms with Gasteiger partial charge in [-0.05, 0) is 39.2 Å². The fraction of sp³-hybridized carbons (Fsp3) is 0.571. The van der Waals surface area contributed by atoms with Crippen LogP contribution in [0.5, 0.6) is 0 Å². The van der Waals surface area contributed by atoms with Gasteiger partial charge in [-0.2, -0.15) is 0 Å². The molecule has 1 N–H and O–H groups in total. The number of aryl methyl sites for hydroxylation is 2. The average molecular weight is 263 g/mol. The Balaban J connectivity index is 1.89. The number of amides is 1. The van der Waals surface area contributed by atoms with Crippen molar-refractivity contribution in [3.8, 4) is 0 Å². The number of carboxylic acids is 1. The first kappa shape index (κ1) is 12.3. The van der Waals surface area contributed by atoms with Crippen LogP contribution in [0.15, 0.2) is 10.5 Å². The number of hydrogen-bond donors (Lipinski definition) is 1. The molecule has 2 saturated heterocycles. The molecule has 1 amide bonds. The van der Waals surface area contributed by atoms with Crippen molar-refractivity contribution in [1.82, 2.24) is 4.90 Å². The zero-order chi connectivity index (χ0) is 13.7. The van der Waals surface area contributed by atoms with Crippen molar-refractivity contribution >= 4 is 11.9 Å². The number of furan rings is 1. The topological polar surface area (TPSA) is 70.8 Å². The Bertz CT molecular complexity index is 548. The maximum absolute atomic E-state index is 12.6. The van der Waals surface area contributed by atoms with Crippen molar-refractivity contribution in [3.05, 3.63) is 23.2 Å². The molecule has 102 valence electrons. The highest BCUT2D eigenvalue weighted by atomic mass is 16.4. The summed E-state index contributed by atoms with van der Waals surface area (Å²) in [6, 6.07) is 1.67. The number of carbonyl (C=O) groups excluding carboxylic acids is 1. The van der Waals surface area contributed by atoms with Gasteiger partial charge in [0.15, 0.2) is 0 Å². The molecule has 0 spiro atoms. The predicted octanol–water partition coefficient (Wildman–Crippen LogP) is 1.97. The van der Waals surface area contributed by atoms with Crippen LogP contribution in [-0.4, -0.2) is 34.0 Å². The van der Waals surface area contributed by atoms with Gasteiger partial charge in [0.05, 0.1) is 11.5 Å². The maximum Gasteiger partial charge on any atom is 0.308 e. The zero-order valence-corrected chi connectivity index (χ0v) is 11.0. The number of fused-ring (bicyclic) bond motifs is 2. The minimum absolute atomic E-state index is 0.0770. The summed E-state index contributed by atoms with van der Waals surface area (Å²) in [5, 5.41) is 9.21. The van der Waals surface area contributed by atoms with Gasteiger partial charge in [0.2, 0.25) is 0 Å². The zero-order valence-electron chi connectivity index (χ0n) is 11.0. The van der Waals surface area contributed by atoms with Gasteiger partial charge in [-0.3, -0.25) is 9.59 Å². The fourth-order valence-electron chi connectivity index (χ4n) is 3.55. The van der Waals surface area contributed by atoms with Gasteiger partial charge in [-0.25, -0.2) is 0 Å². The minimum atomic E-state index is -0.787. The molecule has 2 aliphatic heterocycles. The molecule has 0 aromatic carbocycles. The number of hydrogen-bond acceptors (Lipinski definition) is 3. The normalized spacial score (nSPS) is 28.9. The highest BCUT2D eigenvalue weighted by Gasteiger charge is 2.51. The van der Waals surface area contributed by atoms with E-state index in [9.17, 15) is 14.7 Å². The first-order chi connectivity index (χ1) is 8.99. The third-order valence-electron chi connectivity index (χ3n) is 4.36. The molecule has 1 aromatic rings. The van der Waals surface area contributed by atoms with Crippen LogP contribution in [0.2, 0.25) is 0 Å². The van der Waals surface area contributed by atoms with E-state index in [0.29, 0.717) is 23.5 Å². The van der Waals surface area contributed by atoms with E-state index in [1.54, 1.807) is 17.9 Å². The van der Waals surface area contributed by atoms with Crippen LogP contribution in [0.4, 0.5) is 0 Å². The van der Waals surface area contributed by atoms with Crippen LogP contribution in [0.1, 0.15) is 41.1 Å². The van der Waals surface area contributed by atoms with Gasteiger partial charge in [0.25, 0.3) is 5.91 Å². The molecule has 0 radical (unpaired) electrons. The summed E-state index contributed by atoms with van der Waals surface area (Å²) in [4.78, 5) is 25.6. The lowest BCUT2D eigenvalue weighted by Gasteiger charge is -2.22. The Morgan fingerprint density at radius 1 is 1.37 bits per heavy atom. The molecule has 5 nitrogen and oxygen atoms in total. The van der Waals surface area contributed by atoms with E-state index in [2.05, 4.69) is 0 Å². The third-order valence-corrected chi connectivity index (χ3v) is 4.36. The monoisotopic (exact) mass is 263 g/mol.